The predicted octanol–water partition coefficient (Wildman–Crippen LogP) is 1.56. The number of hydrogen-bond acceptors (Lipinski definition) is 3. The topological polar surface area (TPSA) is 92.4 Å². The monoisotopic (exact) mass is 292 g/mol. The second-order valence-corrected chi connectivity index (χ2v) is 6.32. The molecule has 0 spiro atoms. The van der Waals surface area contributed by atoms with Crippen LogP contribution < -0.4 is 11.1 Å². The summed E-state index contributed by atoms with van der Waals surface area (Å²) >= 11 is 0. The Labute approximate surface area is 125 Å². The number of aliphatic carboxylic acids is 1. The van der Waals surface area contributed by atoms with E-state index in [1.54, 1.807) is 0 Å². The highest BCUT2D eigenvalue weighted by Crippen LogP contribution is 2.22. The predicted molar refractivity (Wildman–Crippen MR) is 81.8 cm³/mol. The van der Waals surface area contributed by atoms with Gasteiger partial charge < -0.3 is 16.2 Å². The normalized spacial score (nSPS) is 14.3. The molecule has 2 atom stereocenters. The molecule has 5 heteroatoms. The Morgan fingerprint density at radius 2 is 1.81 bits per heavy atom. The van der Waals surface area contributed by atoms with Gasteiger partial charge in [-0.2, -0.15) is 0 Å². The Kier molecular flexibility index (Phi) is 5.90. The number of rotatable bonds is 6. The number of amides is 1. The molecule has 1 aromatic rings. The smallest absolute Gasteiger partial charge is 0.305 e. The summed E-state index contributed by atoms with van der Waals surface area (Å²) in [5, 5.41) is 11.7. The largest absolute Gasteiger partial charge is 0.481 e. The summed E-state index contributed by atoms with van der Waals surface area (Å²) in [7, 11) is 0. The van der Waals surface area contributed by atoms with Gasteiger partial charge in [0.25, 0.3) is 0 Å². The van der Waals surface area contributed by atoms with Gasteiger partial charge in [-0.3, -0.25) is 9.59 Å². The lowest BCUT2D eigenvalue weighted by Crippen LogP contribution is -2.51. The van der Waals surface area contributed by atoms with Gasteiger partial charge in [0.1, 0.15) is 0 Å². The molecule has 0 heterocycles. The average molecular weight is 292 g/mol. The first kappa shape index (κ1) is 17.2. The van der Waals surface area contributed by atoms with Crippen molar-refractivity contribution < 1.29 is 14.7 Å². The molecule has 0 bridgehead atoms. The van der Waals surface area contributed by atoms with Crippen molar-refractivity contribution in [3.63, 3.8) is 0 Å². The molecule has 116 valence electrons. The molecule has 5 nitrogen and oxygen atoms in total. The van der Waals surface area contributed by atoms with E-state index >= 15 is 0 Å². The second kappa shape index (κ2) is 7.22. The number of carbonyl (C=O) groups excluding carboxylic acids is 1. The Bertz CT molecular complexity index is 480. The maximum atomic E-state index is 12.2. The van der Waals surface area contributed by atoms with Crippen LogP contribution in [0.15, 0.2) is 30.3 Å². The zero-order valence-corrected chi connectivity index (χ0v) is 12.8. The van der Waals surface area contributed by atoms with E-state index in [1.807, 2.05) is 51.1 Å². The Morgan fingerprint density at radius 1 is 1.24 bits per heavy atom. The van der Waals surface area contributed by atoms with E-state index < -0.39 is 18.1 Å². The lowest BCUT2D eigenvalue weighted by molar-refractivity contribution is -0.138. The van der Waals surface area contributed by atoms with Crippen LogP contribution in [-0.4, -0.2) is 29.1 Å². The Morgan fingerprint density at radius 3 is 2.29 bits per heavy atom. The third-order valence-electron chi connectivity index (χ3n) is 3.38. The van der Waals surface area contributed by atoms with Crippen LogP contribution in [0.3, 0.4) is 0 Å². The van der Waals surface area contributed by atoms with Gasteiger partial charge in [-0.25, -0.2) is 0 Å². The van der Waals surface area contributed by atoms with Gasteiger partial charge in [-0.05, 0) is 17.4 Å². The van der Waals surface area contributed by atoms with Crippen molar-refractivity contribution in [3.8, 4) is 0 Å². The number of carboxylic acid groups (broad SMARTS) is 1. The highest BCUT2D eigenvalue weighted by molar-refractivity contribution is 5.82. The van der Waals surface area contributed by atoms with E-state index in [0.29, 0.717) is 6.42 Å². The molecule has 0 saturated carbocycles. The van der Waals surface area contributed by atoms with Crippen LogP contribution in [0.25, 0.3) is 0 Å². The molecule has 4 N–H and O–H groups in total. The van der Waals surface area contributed by atoms with Crippen LogP contribution in [0.1, 0.15) is 32.8 Å². The highest BCUT2D eigenvalue weighted by atomic mass is 16.4. The molecule has 21 heavy (non-hydrogen) atoms. The number of carboxylic acids is 1. The first-order valence-corrected chi connectivity index (χ1v) is 7.02. The van der Waals surface area contributed by atoms with Crippen LogP contribution in [0.4, 0.5) is 0 Å². The molecule has 1 rings (SSSR count). The maximum Gasteiger partial charge on any atom is 0.305 e. The van der Waals surface area contributed by atoms with Crippen LogP contribution in [-0.2, 0) is 16.0 Å². The van der Waals surface area contributed by atoms with Gasteiger partial charge in [0.15, 0.2) is 0 Å². The highest BCUT2D eigenvalue weighted by Gasteiger charge is 2.29. The van der Waals surface area contributed by atoms with Gasteiger partial charge >= 0.3 is 5.97 Å². The molecule has 1 amide bonds. The number of nitrogens with one attached hydrogen (secondary N) is 1. The average Bonchev–Trinajstić information content (AvgIpc) is 2.37. The van der Waals surface area contributed by atoms with Crippen LogP contribution in [0.5, 0.6) is 0 Å². The minimum absolute atomic E-state index is 0.118. The van der Waals surface area contributed by atoms with E-state index in [2.05, 4.69) is 5.32 Å². The molecule has 0 fully saturated rings. The summed E-state index contributed by atoms with van der Waals surface area (Å²) in [6.45, 7) is 5.68. The van der Waals surface area contributed by atoms with Crippen molar-refractivity contribution in [3.05, 3.63) is 35.9 Å². The van der Waals surface area contributed by atoms with Gasteiger partial charge in [0.05, 0.1) is 12.5 Å². The van der Waals surface area contributed by atoms with Gasteiger partial charge in [0, 0.05) is 6.04 Å². The lowest BCUT2D eigenvalue weighted by Gasteiger charge is -2.31. The lowest BCUT2D eigenvalue weighted by atomic mass is 9.84. The molecule has 0 saturated heterocycles. The molecule has 0 aromatic heterocycles. The van der Waals surface area contributed by atoms with E-state index in [4.69, 9.17) is 10.8 Å². The Balaban J connectivity index is 2.66. The SMILES string of the molecule is CC(C)(C)C(CC(=O)O)NC(=O)[C@@H](N)Cc1ccccc1. The molecule has 0 aliphatic rings. The third kappa shape index (κ3) is 5.95. The quantitative estimate of drug-likeness (QED) is 0.742. The van der Waals surface area contributed by atoms with E-state index in [9.17, 15) is 9.59 Å². The van der Waals surface area contributed by atoms with E-state index in [-0.39, 0.29) is 17.7 Å². The minimum Gasteiger partial charge on any atom is -0.481 e. The molecule has 1 aromatic carbocycles. The molecule has 0 radical (unpaired) electrons. The number of nitrogens with two attached hydrogens (primary N) is 1. The molecular weight excluding hydrogens is 268 g/mol. The molecule has 0 aliphatic heterocycles. The minimum atomic E-state index is -0.938. The van der Waals surface area contributed by atoms with E-state index in [1.165, 1.54) is 0 Å². The zero-order valence-electron chi connectivity index (χ0n) is 12.8. The van der Waals surface area contributed by atoms with Crippen molar-refractivity contribution in [2.45, 2.75) is 45.7 Å². The Hall–Kier alpha value is -1.88. The standard InChI is InChI=1S/C16H24N2O3/c1-16(2,3)13(10-14(19)20)18-15(21)12(17)9-11-7-5-4-6-8-11/h4-8,12-13H,9-10,17H2,1-3H3,(H,18,21)(H,19,20)/t12-,13?/m0/s1. The first-order chi connectivity index (χ1) is 9.70. The second-order valence-electron chi connectivity index (χ2n) is 6.32. The summed E-state index contributed by atoms with van der Waals surface area (Å²) in [5.41, 5.74) is 6.54. The van der Waals surface area contributed by atoms with Crippen LogP contribution >= 0.6 is 0 Å². The van der Waals surface area contributed by atoms with Crippen molar-refractivity contribution in [2.75, 3.05) is 0 Å². The molecule has 1 unspecified atom stereocenters. The fraction of sp³-hybridized carbons (Fsp3) is 0.500. The van der Waals surface area contributed by atoms with Crippen LogP contribution in [0, 0.1) is 5.41 Å². The summed E-state index contributed by atoms with van der Waals surface area (Å²) in [4.78, 5) is 23.1. The number of carbonyl (C=O) groups is 2. The fourth-order valence-corrected chi connectivity index (χ4v) is 1.99. The summed E-state index contributed by atoms with van der Waals surface area (Å²) in [6.07, 6.45) is 0.309. The van der Waals surface area contributed by atoms with E-state index in [0.717, 1.165) is 5.56 Å². The van der Waals surface area contributed by atoms with Crippen molar-refractivity contribution in [1.29, 1.82) is 0 Å². The van der Waals surface area contributed by atoms with Gasteiger partial charge in [-0.15, -0.1) is 0 Å². The zero-order chi connectivity index (χ0) is 16.0. The molecule has 0 aliphatic carbocycles. The van der Waals surface area contributed by atoms with Crippen molar-refractivity contribution >= 4 is 11.9 Å². The van der Waals surface area contributed by atoms with Gasteiger partial charge in [-0.1, -0.05) is 51.1 Å². The maximum absolute atomic E-state index is 12.2. The molecular formula is C16H24N2O3. The van der Waals surface area contributed by atoms with Crippen molar-refractivity contribution in [1.82, 2.24) is 5.32 Å². The summed E-state index contributed by atoms with van der Waals surface area (Å²) < 4.78 is 0. The van der Waals surface area contributed by atoms with Gasteiger partial charge in [0.2, 0.25) is 5.91 Å². The number of benzene rings is 1. The summed E-state index contributed by atoms with van der Waals surface area (Å²) in [6, 6.07) is 8.36. The summed E-state index contributed by atoms with van der Waals surface area (Å²) in [5.74, 6) is -1.26. The fourth-order valence-electron chi connectivity index (χ4n) is 1.99. The third-order valence-corrected chi connectivity index (χ3v) is 3.38. The van der Waals surface area contributed by atoms with Crippen molar-refractivity contribution in [2.24, 2.45) is 11.1 Å². The van der Waals surface area contributed by atoms with Crippen LogP contribution in [0.2, 0.25) is 0 Å². The number of hydrogen-bond donors (Lipinski definition) is 3. The first-order valence-electron chi connectivity index (χ1n) is 7.02.